The molecule has 112 valence electrons. The van der Waals surface area contributed by atoms with E-state index in [4.69, 9.17) is 0 Å². The average molecular weight is 274 g/mol. The molecule has 20 heavy (non-hydrogen) atoms. The Morgan fingerprint density at radius 3 is 1.70 bits per heavy atom. The third kappa shape index (κ3) is 5.26. The maximum atomic E-state index is 12.1. The average Bonchev–Trinajstić information content (AvgIpc) is 3.31. The molecule has 0 N–H and O–H groups in total. The number of hydrogen-bond acceptors (Lipinski definition) is 1. The fourth-order valence-electron chi connectivity index (χ4n) is 3.54. The minimum Gasteiger partial charge on any atom is -0.300 e. The minimum absolute atomic E-state index is 0.539. The maximum Gasteiger partial charge on any atom is 0.133 e. The Morgan fingerprint density at radius 1 is 0.850 bits per heavy atom. The largest absolute Gasteiger partial charge is 0.300 e. The number of unbranched alkanes of at least 4 members (excludes halogenated alkanes) is 2. The molecular formula is C19H30O. The van der Waals surface area contributed by atoms with Gasteiger partial charge in [-0.05, 0) is 75.0 Å². The molecule has 0 spiro atoms. The van der Waals surface area contributed by atoms with Gasteiger partial charge in [-0.3, -0.25) is 4.79 Å². The zero-order valence-corrected chi connectivity index (χ0v) is 12.9. The summed E-state index contributed by atoms with van der Waals surface area (Å²) < 4.78 is 0. The highest BCUT2D eigenvalue weighted by Crippen LogP contribution is 2.48. The van der Waals surface area contributed by atoms with Gasteiger partial charge in [0.1, 0.15) is 5.78 Å². The Labute approximate surface area is 124 Å². The van der Waals surface area contributed by atoms with Crippen molar-refractivity contribution in [3.05, 3.63) is 25.3 Å². The SMILES string of the molecule is C=CCCC[C@@H]1C[C@@H]1CC(=O)C[C@H]1C[C@H]1CCCC=C. The van der Waals surface area contributed by atoms with Gasteiger partial charge in [0.25, 0.3) is 0 Å². The molecule has 0 saturated heterocycles. The molecule has 0 heterocycles. The molecule has 0 aliphatic heterocycles. The predicted octanol–water partition coefficient (Wildman–Crippen LogP) is 5.32. The number of rotatable bonds is 12. The summed E-state index contributed by atoms with van der Waals surface area (Å²) in [6, 6.07) is 0. The van der Waals surface area contributed by atoms with Crippen molar-refractivity contribution in [3.8, 4) is 0 Å². The molecule has 0 bridgehead atoms. The van der Waals surface area contributed by atoms with Crippen LogP contribution in [0.1, 0.15) is 64.2 Å². The Kier molecular flexibility index (Phi) is 6.06. The first-order chi connectivity index (χ1) is 9.74. The summed E-state index contributed by atoms with van der Waals surface area (Å²) in [6.07, 6.45) is 15.7. The summed E-state index contributed by atoms with van der Waals surface area (Å²) >= 11 is 0. The second-order valence-electron chi connectivity index (χ2n) is 6.90. The van der Waals surface area contributed by atoms with Crippen molar-refractivity contribution in [2.75, 3.05) is 0 Å². The number of ketones is 1. The number of allylic oxidation sites excluding steroid dienone is 2. The zero-order valence-electron chi connectivity index (χ0n) is 12.9. The second kappa shape index (κ2) is 7.81. The van der Waals surface area contributed by atoms with Crippen LogP contribution in [-0.2, 0) is 4.79 Å². The molecule has 2 fully saturated rings. The zero-order chi connectivity index (χ0) is 14.4. The highest BCUT2D eigenvalue weighted by molar-refractivity contribution is 5.79. The van der Waals surface area contributed by atoms with Gasteiger partial charge in [0.05, 0.1) is 0 Å². The van der Waals surface area contributed by atoms with E-state index in [-0.39, 0.29) is 0 Å². The summed E-state index contributed by atoms with van der Waals surface area (Å²) in [6.45, 7) is 7.52. The van der Waals surface area contributed by atoms with Crippen molar-refractivity contribution < 1.29 is 4.79 Å². The van der Waals surface area contributed by atoms with Crippen LogP contribution in [0.5, 0.6) is 0 Å². The van der Waals surface area contributed by atoms with Crippen LogP contribution in [0.2, 0.25) is 0 Å². The van der Waals surface area contributed by atoms with Gasteiger partial charge in [0.15, 0.2) is 0 Å². The third-order valence-corrected chi connectivity index (χ3v) is 5.08. The molecule has 2 saturated carbocycles. The minimum atomic E-state index is 0.539. The molecule has 4 atom stereocenters. The fourth-order valence-corrected chi connectivity index (χ4v) is 3.54. The van der Waals surface area contributed by atoms with Crippen molar-refractivity contribution in [3.63, 3.8) is 0 Å². The molecular weight excluding hydrogens is 244 g/mol. The van der Waals surface area contributed by atoms with Crippen molar-refractivity contribution in [2.24, 2.45) is 23.7 Å². The molecule has 2 rings (SSSR count). The van der Waals surface area contributed by atoms with E-state index in [0.717, 1.165) is 49.4 Å². The Hall–Kier alpha value is -0.850. The van der Waals surface area contributed by atoms with E-state index in [9.17, 15) is 4.79 Å². The lowest BCUT2D eigenvalue weighted by molar-refractivity contribution is -0.119. The van der Waals surface area contributed by atoms with Gasteiger partial charge in [-0.15, -0.1) is 13.2 Å². The van der Waals surface area contributed by atoms with Crippen molar-refractivity contribution in [1.82, 2.24) is 0 Å². The molecule has 0 aromatic carbocycles. The van der Waals surface area contributed by atoms with Crippen LogP contribution < -0.4 is 0 Å². The quantitative estimate of drug-likeness (QED) is 0.348. The third-order valence-electron chi connectivity index (χ3n) is 5.08. The first-order valence-electron chi connectivity index (χ1n) is 8.48. The summed E-state index contributed by atoms with van der Waals surface area (Å²) in [5.74, 6) is 3.69. The normalized spacial score (nSPS) is 30.8. The molecule has 1 heteroatoms. The van der Waals surface area contributed by atoms with Crippen molar-refractivity contribution in [2.45, 2.75) is 64.2 Å². The van der Waals surface area contributed by atoms with Gasteiger partial charge in [-0.1, -0.05) is 12.2 Å². The number of carbonyl (C=O) groups is 1. The van der Waals surface area contributed by atoms with Crippen LogP contribution in [0, 0.1) is 23.7 Å². The molecule has 2 aliphatic carbocycles. The summed E-state index contributed by atoms with van der Waals surface area (Å²) in [7, 11) is 0. The highest BCUT2D eigenvalue weighted by atomic mass is 16.1. The van der Waals surface area contributed by atoms with Gasteiger partial charge in [0, 0.05) is 12.8 Å². The van der Waals surface area contributed by atoms with E-state index in [1.807, 2.05) is 12.2 Å². The van der Waals surface area contributed by atoms with Crippen LogP contribution in [0.4, 0.5) is 0 Å². The smallest absolute Gasteiger partial charge is 0.133 e. The standard InChI is InChI=1S/C19H30O/c1-3-5-7-9-15-11-17(15)13-19(20)14-18-12-16(18)10-8-6-4-2/h3-4,15-18H,1-2,5-14H2/t15-,16-,17-,18-/m1/s1. The fraction of sp³-hybridized carbons (Fsp3) is 0.737. The highest BCUT2D eigenvalue weighted by Gasteiger charge is 2.41. The Balaban J connectivity index is 1.50. The van der Waals surface area contributed by atoms with Crippen LogP contribution in [0.15, 0.2) is 25.3 Å². The van der Waals surface area contributed by atoms with Gasteiger partial charge in [-0.25, -0.2) is 0 Å². The molecule has 2 aliphatic rings. The lowest BCUT2D eigenvalue weighted by Crippen LogP contribution is -2.02. The van der Waals surface area contributed by atoms with Crippen LogP contribution >= 0.6 is 0 Å². The molecule has 0 unspecified atom stereocenters. The molecule has 0 aromatic heterocycles. The topological polar surface area (TPSA) is 17.1 Å². The van der Waals surface area contributed by atoms with E-state index in [2.05, 4.69) is 13.2 Å². The molecule has 0 aromatic rings. The second-order valence-corrected chi connectivity index (χ2v) is 6.90. The maximum absolute atomic E-state index is 12.1. The lowest BCUT2D eigenvalue weighted by Gasteiger charge is -2.01. The van der Waals surface area contributed by atoms with Gasteiger partial charge in [0.2, 0.25) is 0 Å². The number of carbonyl (C=O) groups excluding carboxylic acids is 1. The number of hydrogen-bond donors (Lipinski definition) is 0. The molecule has 0 radical (unpaired) electrons. The van der Waals surface area contributed by atoms with E-state index in [1.165, 1.54) is 38.5 Å². The molecule has 0 amide bonds. The van der Waals surface area contributed by atoms with Crippen molar-refractivity contribution >= 4 is 5.78 Å². The van der Waals surface area contributed by atoms with Crippen molar-refractivity contribution in [1.29, 1.82) is 0 Å². The van der Waals surface area contributed by atoms with Gasteiger partial charge >= 0.3 is 0 Å². The van der Waals surface area contributed by atoms with Crippen LogP contribution in [0.25, 0.3) is 0 Å². The predicted molar refractivity (Wildman–Crippen MR) is 85.5 cm³/mol. The first-order valence-corrected chi connectivity index (χ1v) is 8.48. The van der Waals surface area contributed by atoms with Gasteiger partial charge in [-0.2, -0.15) is 0 Å². The Morgan fingerprint density at radius 2 is 1.30 bits per heavy atom. The first kappa shape index (κ1) is 15.5. The van der Waals surface area contributed by atoms with E-state index in [0.29, 0.717) is 5.78 Å². The van der Waals surface area contributed by atoms with E-state index < -0.39 is 0 Å². The van der Waals surface area contributed by atoms with Crippen LogP contribution in [0.3, 0.4) is 0 Å². The number of Topliss-reactive ketones (excluding diaryl/α,β-unsaturated/α-hetero) is 1. The Bertz CT molecular complexity index is 312. The van der Waals surface area contributed by atoms with E-state index in [1.54, 1.807) is 0 Å². The van der Waals surface area contributed by atoms with E-state index >= 15 is 0 Å². The molecule has 1 nitrogen and oxygen atoms in total. The van der Waals surface area contributed by atoms with Crippen LogP contribution in [-0.4, -0.2) is 5.78 Å². The monoisotopic (exact) mass is 274 g/mol. The summed E-state index contributed by atoms with van der Waals surface area (Å²) in [5, 5.41) is 0. The lowest BCUT2D eigenvalue weighted by atomic mass is 10.0. The van der Waals surface area contributed by atoms with Gasteiger partial charge < -0.3 is 0 Å². The summed E-state index contributed by atoms with van der Waals surface area (Å²) in [4.78, 5) is 12.1. The summed E-state index contributed by atoms with van der Waals surface area (Å²) in [5.41, 5.74) is 0.